The summed E-state index contributed by atoms with van der Waals surface area (Å²) in [6.45, 7) is 4.40. The highest BCUT2D eigenvalue weighted by Gasteiger charge is 2.26. The lowest BCUT2D eigenvalue weighted by Gasteiger charge is -2.36. The van der Waals surface area contributed by atoms with Gasteiger partial charge >= 0.3 is 0 Å². The van der Waals surface area contributed by atoms with E-state index in [0.29, 0.717) is 5.92 Å². The van der Waals surface area contributed by atoms with Gasteiger partial charge < -0.3 is 14.4 Å². The minimum Gasteiger partial charge on any atom is -0.334 e. The number of hydrogen-bond donors (Lipinski definition) is 0. The second kappa shape index (κ2) is 6.11. The summed E-state index contributed by atoms with van der Waals surface area (Å²) in [6.07, 6.45) is 6.63. The van der Waals surface area contributed by atoms with Gasteiger partial charge in [-0.15, -0.1) is 0 Å². The van der Waals surface area contributed by atoms with Crippen LogP contribution in [0.5, 0.6) is 0 Å². The Balaban J connectivity index is 1.68. The quantitative estimate of drug-likeness (QED) is 0.733. The van der Waals surface area contributed by atoms with E-state index in [1.165, 1.54) is 11.3 Å². The average Bonchev–Trinajstić information content (AvgIpc) is 2.98. The van der Waals surface area contributed by atoms with Crippen LogP contribution in [0.3, 0.4) is 0 Å². The number of hydrogen-bond acceptors (Lipinski definition) is 5. The lowest BCUT2D eigenvalue weighted by molar-refractivity contribution is 0.186. The summed E-state index contributed by atoms with van der Waals surface area (Å²) in [7, 11) is 6.21. The van der Waals surface area contributed by atoms with E-state index in [2.05, 4.69) is 52.9 Å². The molecule has 6 heteroatoms. The molecule has 0 radical (unpaired) electrons. The van der Waals surface area contributed by atoms with Crippen LogP contribution in [0, 0.1) is 0 Å². The van der Waals surface area contributed by atoms with Gasteiger partial charge in [0.25, 0.3) is 0 Å². The highest BCUT2D eigenvalue weighted by molar-refractivity contribution is 5.79. The van der Waals surface area contributed by atoms with E-state index in [-0.39, 0.29) is 0 Å². The van der Waals surface area contributed by atoms with Gasteiger partial charge in [0.2, 0.25) is 0 Å². The van der Waals surface area contributed by atoms with Crippen molar-refractivity contribution in [3.05, 3.63) is 42.1 Å². The molecule has 0 unspecified atom stereocenters. The summed E-state index contributed by atoms with van der Waals surface area (Å²) in [5.41, 5.74) is 5.64. The van der Waals surface area contributed by atoms with Gasteiger partial charge in [-0.2, -0.15) is 0 Å². The molecule has 0 saturated carbocycles. The van der Waals surface area contributed by atoms with Gasteiger partial charge in [-0.25, -0.2) is 9.97 Å². The smallest absolute Gasteiger partial charge is 0.134 e. The standard InChI is InChI=1S/C19H24N6/c1-5-13-6-15(14-10-23(2)11-14)20-9-18(13)25(4)19-7-17-16(8-21-19)22-12-24(17)3/h6-9,12,14H,5,10-11H2,1-4H3. The van der Waals surface area contributed by atoms with Gasteiger partial charge in [0.05, 0.1) is 29.9 Å². The number of aryl methyl sites for hydroxylation is 2. The second-order valence-electron chi connectivity index (χ2n) is 6.96. The maximum atomic E-state index is 4.75. The summed E-state index contributed by atoms with van der Waals surface area (Å²) < 4.78 is 2.02. The molecule has 4 rings (SSSR count). The number of aromatic nitrogens is 4. The van der Waals surface area contributed by atoms with Crippen LogP contribution in [0.2, 0.25) is 0 Å². The van der Waals surface area contributed by atoms with Gasteiger partial charge in [-0.3, -0.25) is 4.98 Å². The summed E-state index contributed by atoms with van der Waals surface area (Å²) >= 11 is 0. The Hall–Kier alpha value is -2.47. The molecule has 0 N–H and O–H groups in total. The van der Waals surface area contributed by atoms with Crippen molar-refractivity contribution in [3.8, 4) is 0 Å². The Bertz CT molecular complexity index is 909. The third-order valence-corrected chi connectivity index (χ3v) is 5.15. The maximum absolute atomic E-state index is 4.75. The third kappa shape index (κ3) is 2.76. The van der Waals surface area contributed by atoms with Gasteiger partial charge in [-0.1, -0.05) is 6.92 Å². The first-order valence-corrected chi connectivity index (χ1v) is 8.75. The van der Waals surface area contributed by atoms with Crippen LogP contribution >= 0.6 is 0 Å². The predicted molar refractivity (Wildman–Crippen MR) is 100 cm³/mol. The molecule has 0 aliphatic carbocycles. The zero-order valence-electron chi connectivity index (χ0n) is 15.3. The fourth-order valence-electron chi connectivity index (χ4n) is 3.53. The van der Waals surface area contributed by atoms with Crippen molar-refractivity contribution >= 4 is 22.5 Å². The number of likely N-dealkylation sites (N-methyl/N-ethyl adjacent to an activating group) is 1. The molecule has 0 amide bonds. The largest absolute Gasteiger partial charge is 0.334 e. The van der Waals surface area contributed by atoms with Crippen molar-refractivity contribution in [3.63, 3.8) is 0 Å². The number of anilines is 2. The first-order valence-electron chi connectivity index (χ1n) is 8.75. The molecule has 6 nitrogen and oxygen atoms in total. The SMILES string of the molecule is CCc1cc(C2CN(C)C2)ncc1N(C)c1cc2c(cn1)ncn2C. The van der Waals surface area contributed by atoms with Gasteiger partial charge in [0.15, 0.2) is 0 Å². The van der Waals surface area contributed by atoms with Gasteiger partial charge in [0.1, 0.15) is 11.3 Å². The number of imidazole rings is 1. The lowest BCUT2D eigenvalue weighted by atomic mass is 9.95. The second-order valence-corrected chi connectivity index (χ2v) is 6.96. The Morgan fingerprint density at radius 2 is 1.92 bits per heavy atom. The van der Waals surface area contributed by atoms with E-state index >= 15 is 0 Å². The summed E-state index contributed by atoms with van der Waals surface area (Å²) in [5, 5.41) is 0. The van der Waals surface area contributed by atoms with Crippen molar-refractivity contribution in [1.29, 1.82) is 0 Å². The van der Waals surface area contributed by atoms with Crippen molar-refractivity contribution < 1.29 is 0 Å². The summed E-state index contributed by atoms with van der Waals surface area (Å²) in [6, 6.07) is 4.35. The molecule has 3 aromatic rings. The normalized spacial score (nSPS) is 15.5. The van der Waals surface area contributed by atoms with Crippen LogP contribution in [-0.2, 0) is 13.5 Å². The molecule has 0 aromatic carbocycles. The number of likely N-dealkylation sites (tertiary alicyclic amines) is 1. The number of nitrogens with zero attached hydrogens (tertiary/aromatic N) is 6. The third-order valence-electron chi connectivity index (χ3n) is 5.15. The van der Waals surface area contributed by atoms with E-state index in [9.17, 15) is 0 Å². The first kappa shape index (κ1) is 16.0. The highest BCUT2D eigenvalue weighted by Crippen LogP contribution is 2.31. The molecule has 130 valence electrons. The van der Waals surface area contributed by atoms with Crippen molar-refractivity contribution in [2.75, 3.05) is 32.1 Å². The minimum absolute atomic E-state index is 0.568. The Morgan fingerprint density at radius 1 is 1.12 bits per heavy atom. The molecule has 1 aliphatic rings. The molecular formula is C19H24N6. The van der Waals surface area contributed by atoms with Crippen LogP contribution < -0.4 is 4.90 Å². The van der Waals surface area contributed by atoms with Crippen LogP contribution in [0.25, 0.3) is 11.0 Å². The van der Waals surface area contributed by atoms with E-state index in [4.69, 9.17) is 4.98 Å². The summed E-state index contributed by atoms with van der Waals surface area (Å²) in [5.74, 6) is 1.47. The maximum Gasteiger partial charge on any atom is 0.134 e. The molecule has 1 saturated heterocycles. The lowest BCUT2D eigenvalue weighted by Crippen LogP contribution is -2.42. The number of fused-ring (bicyclic) bond motifs is 1. The highest BCUT2D eigenvalue weighted by atomic mass is 15.2. The predicted octanol–water partition coefficient (Wildman–Crippen LogP) is 2.72. The van der Waals surface area contributed by atoms with Crippen LogP contribution in [0.1, 0.15) is 24.1 Å². The average molecular weight is 336 g/mol. The Morgan fingerprint density at radius 3 is 2.64 bits per heavy atom. The molecule has 1 fully saturated rings. The van der Waals surface area contributed by atoms with E-state index in [1.807, 2.05) is 30.3 Å². The van der Waals surface area contributed by atoms with E-state index in [0.717, 1.165) is 42.0 Å². The van der Waals surface area contributed by atoms with E-state index < -0.39 is 0 Å². The molecular weight excluding hydrogens is 312 g/mol. The zero-order valence-corrected chi connectivity index (χ0v) is 15.3. The fraction of sp³-hybridized carbons (Fsp3) is 0.421. The van der Waals surface area contributed by atoms with Crippen molar-refractivity contribution in [2.45, 2.75) is 19.3 Å². The molecule has 25 heavy (non-hydrogen) atoms. The summed E-state index contributed by atoms with van der Waals surface area (Å²) in [4.78, 5) is 18.1. The van der Waals surface area contributed by atoms with E-state index in [1.54, 1.807) is 0 Å². The molecule has 0 atom stereocenters. The van der Waals surface area contributed by atoms with Crippen molar-refractivity contribution in [2.24, 2.45) is 7.05 Å². The molecule has 3 aromatic heterocycles. The van der Waals surface area contributed by atoms with Crippen LogP contribution in [-0.4, -0.2) is 51.6 Å². The monoisotopic (exact) mass is 336 g/mol. The molecule has 1 aliphatic heterocycles. The number of pyridine rings is 2. The number of rotatable bonds is 4. The Labute approximate surface area is 148 Å². The van der Waals surface area contributed by atoms with Crippen molar-refractivity contribution in [1.82, 2.24) is 24.4 Å². The molecule has 4 heterocycles. The van der Waals surface area contributed by atoms with Gasteiger partial charge in [-0.05, 0) is 25.1 Å². The zero-order chi connectivity index (χ0) is 17.6. The van der Waals surface area contributed by atoms with Gasteiger partial charge in [0, 0.05) is 44.9 Å². The van der Waals surface area contributed by atoms with Crippen LogP contribution in [0.4, 0.5) is 11.5 Å². The van der Waals surface area contributed by atoms with Crippen LogP contribution in [0.15, 0.2) is 30.9 Å². The minimum atomic E-state index is 0.568. The molecule has 0 bridgehead atoms. The topological polar surface area (TPSA) is 50.1 Å². The fourth-order valence-corrected chi connectivity index (χ4v) is 3.53. The first-order chi connectivity index (χ1) is 12.1. The Kier molecular flexibility index (Phi) is 3.92. The molecule has 0 spiro atoms.